The maximum absolute atomic E-state index is 11.2. The molecule has 0 heterocycles. The molecule has 0 radical (unpaired) electrons. The van der Waals surface area contributed by atoms with Crippen LogP contribution in [0.15, 0.2) is 12.8 Å². The van der Waals surface area contributed by atoms with Crippen LogP contribution in [-0.4, -0.2) is 24.8 Å². The van der Waals surface area contributed by atoms with Gasteiger partial charge in [-0.3, -0.25) is 0 Å². The lowest BCUT2D eigenvalue weighted by atomic mass is 10.2. The molecule has 0 fully saturated rings. The van der Waals surface area contributed by atoms with Crippen LogP contribution in [0.4, 0.5) is 4.79 Å². The van der Waals surface area contributed by atoms with Crippen LogP contribution in [0.2, 0.25) is 0 Å². The van der Waals surface area contributed by atoms with Gasteiger partial charge in [-0.2, -0.15) is 0 Å². The van der Waals surface area contributed by atoms with E-state index in [1.54, 1.807) is 6.20 Å². The molecular formula is C11H22N2O2. The first-order valence-corrected chi connectivity index (χ1v) is 5.27. The number of carbonyl (C=O) groups is 1. The van der Waals surface area contributed by atoms with Gasteiger partial charge >= 0.3 is 6.09 Å². The molecule has 0 spiro atoms. The molecule has 0 aliphatic carbocycles. The molecule has 0 atom stereocenters. The first kappa shape index (κ1) is 13.8. The van der Waals surface area contributed by atoms with Gasteiger partial charge in [0.15, 0.2) is 0 Å². The van der Waals surface area contributed by atoms with Gasteiger partial charge in [0.1, 0.15) is 5.60 Å². The molecule has 0 aromatic carbocycles. The summed E-state index contributed by atoms with van der Waals surface area (Å²) < 4.78 is 5.08. The Bertz CT molecular complexity index is 197. The third kappa shape index (κ3) is 10.7. The summed E-state index contributed by atoms with van der Waals surface area (Å²) in [5.41, 5.74) is -0.422. The number of hydrogen-bond acceptors (Lipinski definition) is 3. The Labute approximate surface area is 92.1 Å². The maximum atomic E-state index is 11.2. The Kier molecular flexibility index (Phi) is 6.58. The zero-order valence-electron chi connectivity index (χ0n) is 9.93. The summed E-state index contributed by atoms with van der Waals surface area (Å²) in [5.74, 6) is 0. The zero-order valence-corrected chi connectivity index (χ0v) is 9.93. The molecule has 0 aliphatic rings. The molecule has 15 heavy (non-hydrogen) atoms. The topological polar surface area (TPSA) is 50.4 Å². The molecule has 0 saturated carbocycles. The van der Waals surface area contributed by atoms with Crippen LogP contribution < -0.4 is 10.6 Å². The predicted octanol–water partition coefficient (Wildman–Crippen LogP) is 2.02. The monoisotopic (exact) mass is 214 g/mol. The predicted molar refractivity (Wildman–Crippen MR) is 61.7 cm³/mol. The molecule has 88 valence electrons. The number of rotatable bonds is 6. The van der Waals surface area contributed by atoms with Gasteiger partial charge in [0.2, 0.25) is 0 Å². The van der Waals surface area contributed by atoms with Crippen molar-refractivity contribution in [2.24, 2.45) is 0 Å². The second-order valence-corrected chi connectivity index (χ2v) is 4.29. The molecule has 0 aliphatic heterocycles. The van der Waals surface area contributed by atoms with Gasteiger partial charge in [-0.25, -0.2) is 4.79 Å². The van der Waals surface area contributed by atoms with Gasteiger partial charge in [0.25, 0.3) is 0 Å². The summed E-state index contributed by atoms with van der Waals surface area (Å²) in [7, 11) is 0. The molecule has 0 rings (SSSR count). The zero-order chi connectivity index (χ0) is 11.7. The Morgan fingerprint density at radius 3 is 2.47 bits per heavy atom. The van der Waals surface area contributed by atoms with E-state index in [0.29, 0.717) is 6.54 Å². The van der Waals surface area contributed by atoms with Crippen LogP contribution in [0.3, 0.4) is 0 Å². The highest BCUT2D eigenvalue weighted by Crippen LogP contribution is 2.06. The molecule has 0 aromatic heterocycles. The Hall–Kier alpha value is -1.19. The van der Waals surface area contributed by atoms with Crippen LogP contribution >= 0.6 is 0 Å². The number of carbonyl (C=O) groups excluding carboxylic acids is 1. The van der Waals surface area contributed by atoms with E-state index in [1.807, 2.05) is 20.8 Å². The molecule has 1 amide bonds. The molecule has 2 N–H and O–H groups in total. The molecule has 0 unspecified atom stereocenters. The Morgan fingerprint density at radius 2 is 1.93 bits per heavy atom. The van der Waals surface area contributed by atoms with Crippen molar-refractivity contribution in [3.05, 3.63) is 12.8 Å². The average molecular weight is 214 g/mol. The summed E-state index contributed by atoms with van der Waals surface area (Å²) in [4.78, 5) is 11.2. The maximum Gasteiger partial charge on any atom is 0.407 e. The minimum Gasteiger partial charge on any atom is -0.444 e. The summed E-state index contributed by atoms with van der Waals surface area (Å²) in [6.45, 7) is 10.6. The van der Waals surface area contributed by atoms with Crippen LogP contribution in [-0.2, 0) is 4.74 Å². The molecule has 4 nitrogen and oxygen atoms in total. The number of hydrogen-bond donors (Lipinski definition) is 2. The number of unbranched alkanes of at least 4 members (excludes halogenated alkanes) is 1. The van der Waals surface area contributed by atoms with Crippen molar-refractivity contribution in [1.29, 1.82) is 0 Å². The lowest BCUT2D eigenvalue weighted by Gasteiger charge is -2.19. The lowest BCUT2D eigenvalue weighted by molar-refractivity contribution is 0.0527. The van der Waals surface area contributed by atoms with E-state index in [2.05, 4.69) is 17.2 Å². The van der Waals surface area contributed by atoms with Crippen LogP contribution in [0, 0.1) is 0 Å². The fourth-order valence-corrected chi connectivity index (χ4v) is 0.959. The highest BCUT2D eigenvalue weighted by atomic mass is 16.6. The van der Waals surface area contributed by atoms with Crippen molar-refractivity contribution in [2.45, 2.75) is 39.2 Å². The SMILES string of the molecule is C=CNCCCCNC(=O)OC(C)(C)C. The van der Waals surface area contributed by atoms with E-state index in [1.165, 1.54) is 0 Å². The quantitative estimate of drug-likeness (QED) is 0.665. The second-order valence-electron chi connectivity index (χ2n) is 4.29. The van der Waals surface area contributed by atoms with E-state index in [4.69, 9.17) is 4.74 Å². The third-order valence-corrected chi connectivity index (χ3v) is 1.56. The van der Waals surface area contributed by atoms with Crippen molar-refractivity contribution in [3.8, 4) is 0 Å². The summed E-state index contributed by atoms with van der Waals surface area (Å²) in [6.07, 6.45) is 3.25. The highest BCUT2D eigenvalue weighted by molar-refractivity contribution is 5.67. The standard InChI is InChI=1S/C11H22N2O2/c1-5-12-8-6-7-9-13-10(14)15-11(2,3)4/h5,12H,1,6-9H2,2-4H3,(H,13,14). The van der Waals surface area contributed by atoms with E-state index >= 15 is 0 Å². The third-order valence-electron chi connectivity index (χ3n) is 1.56. The minimum absolute atomic E-state index is 0.348. The summed E-state index contributed by atoms with van der Waals surface area (Å²) >= 11 is 0. The van der Waals surface area contributed by atoms with E-state index < -0.39 is 5.60 Å². The molecule has 4 heteroatoms. The number of amides is 1. The Balaban J connectivity index is 3.36. The minimum atomic E-state index is -0.422. The number of nitrogens with one attached hydrogen (secondary N) is 2. The smallest absolute Gasteiger partial charge is 0.407 e. The van der Waals surface area contributed by atoms with Crippen molar-refractivity contribution >= 4 is 6.09 Å². The average Bonchev–Trinajstić information content (AvgIpc) is 2.08. The van der Waals surface area contributed by atoms with E-state index in [-0.39, 0.29) is 6.09 Å². The second kappa shape index (κ2) is 7.15. The lowest BCUT2D eigenvalue weighted by Crippen LogP contribution is -2.33. The van der Waals surface area contributed by atoms with Crippen molar-refractivity contribution in [2.75, 3.05) is 13.1 Å². The van der Waals surface area contributed by atoms with Gasteiger partial charge in [0, 0.05) is 13.1 Å². The first-order chi connectivity index (χ1) is 6.95. The normalized spacial score (nSPS) is 10.6. The number of ether oxygens (including phenoxy) is 1. The molecular weight excluding hydrogens is 192 g/mol. The van der Waals surface area contributed by atoms with Crippen LogP contribution in [0.1, 0.15) is 33.6 Å². The van der Waals surface area contributed by atoms with Gasteiger partial charge in [-0.15, -0.1) is 0 Å². The van der Waals surface area contributed by atoms with Gasteiger partial charge in [-0.1, -0.05) is 6.58 Å². The molecule has 0 bridgehead atoms. The van der Waals surface area contributed by atoms with E-state index in [9.17, 15) is 4.79 Å². The Morgan fingerprint density at radius 1 is 1.33 bits per heavy atom. The first-order valence-electron chi connectivity index (χ1n) is 5.27. The summed E-state index contributed by atoms with van der Waals surface area (Å²) in [5, 5.41) is 5.70. The van der Waals surface area contributed by atoms with Crippen LogP contribution in [0.25, 0.3) is 0 Å². The van der Waals surface area contributed by atoms with Gasteiger partial charge < -0.3 is 15.4 Å². The largest absolute Gasteiger partial charge is 0.444 e. The highest BCUT2D eigenvalue weighted by Gasteiger charge is 2.15. The van der Waals surface area contributed by atoms with Crippen molar-refractivity contribution in [1.82, 2.24) is 10.6 Å². The fourth-order valence-electron chi connectivity index (χ4n) is 0.959. The van der Waals surface area contributed by atoms with Gasteiger partial charge in [-0.05, 0) is 39.8 Å². The fraction of sp³-hybridized carbons (Fsp3) is 0.727. The van der Waals surface area contributed by atoms with Crippen LogP contribution in [0.5, 0.6) is 0 Å². The number of alkyl carbamates (subject to hydrolysis) is 1. The molecule has 0 saturated heterocycles. The van der Waals surface area contributed by atoms with Crippen molar-refractivity contribution in [3.63, 3.8) is 0 Å². The van der Waals surface area contributed by atoms with E-state index in [0.717, 1.165) is 19.4 Å². The van der Waals surface area contributed by atoms with Gasteiger partial charge in [0.05, 0.1) is 0 Å². The van der Waals surface area contributed by atoms with Crippen molar-refractivity contribution < 1.29 is 9.53 Å². The molecule has 0 aromatic rings. The summed E-state index contributed by atoms with van der Waals surface area (Å²) in [6, 6.07) is 0.